The number of halogens is 1. The molecule has 0 bridgehead atoms. The van der Waals surface area contributed by atoms with Crippen molar-refractivity contribution in [3.63, 3.8) is 0 Å². The molecule has 0 spiro atoms. The molecule has 232 valence electrons. The second-order valence-electron chi connectivity index (χ2n) is 9.65. The zero-order valence-corrected chi connectivity index (χ0v) is 26.1. The SMILES string of the molecule is CC.CCCCCCc1nc(-c2ncc(NC(=O)Nc3cnc4ccnn4c3C3CCCC3)cc2Cl)no1.CCOC=O. The lowest BCUT2D eigenvalue weighted by Gasteiger charge is -2.17. The molecule has 5 rings (SSSR count). The number of hydrogen-bond donors (Lipinski definition) is 2. The van der Waals surface area contributed by atoms with Crippen molar-refractivity contribution < 1.29 is 18.8 Å². The molecule has 4 aromatic heterocycles. The van der Waals surface area contributed by atoms with Crippen molar-refractivity contribution in [3.05, 3.63) is 47.3 Å². The quantitative estimate of drug-likeness (QED) is 0.130. The normalized spacial score (nSPS) is 12.6. The number of carbonyl (C=O) groups is 2. The van der Waals surface area contributed by atoms with Crippen LogP contribution in [0.25, 0.3) is 17.2 Å². The van der Waals surface area contributed by atoms with E-state index >= 15 is 0 Å². The Morgan fingerprint density at radius 1 is 1.14 bits per heavy atom. The van der Waals surface area contributed by atoms with Crippen LogP contribution in [0.2, 0.25) is 5.02 Å². The second kappa shape index (κ2) is 17.8. The summed E-state index contributed by atoms with van der Waals surface area (Å²) >= 11 is 6.45. The van der Waals surface area contributed by atoms with Crippen LogP contribution in [0.1, 0.15) is 96.6 Å². The van der Waals surface area contributed by atoms with Crippen molar-refractivity contribution in [3.8, 4) is 11.5 Å². The maximum atomic E-state index is 12.8. The average molecular weight is 613 g/mol. The lowest BCUT2D eigenvalue weighted by atomic mass is 10.0. The van der Waals surface area contributed by atoms with Gasteiger partial charge in [-0.1, -0.05) is 69.6 Å². The van der Waals surface area contributed by atoms with E-state index in [1.165, 1.54) is 31.9 Å². The number of ether oxygens (including phenoxy) is 1. The largest absolute Gasteiger partial charge is 0.468 e. The van der Waals surface area contributed by atoms with Gasteiger partial charge < -0.3 is 19.9 Å². The number of nitrogens with one attached hydrogen (secondary N) is 2. The highest BCUT2D eigenvalue weighted by Crippen LogP contribution is 2.37. The van der Waals surface area contributed by atoms with Crippen molar-refractivity contribution in [2.45, 2.75) is 91.4 Å². The van der Waals surface area contributed by atoms with E-state index in [2.05, 4.69) is 47.5 Å². The summed E-state index contributed by atoms with van der Waals surface area (Å²) < 4.78 is 11.3. The number of pyridine rings is 1. The predicted octanol–water partition coefficient (Wildman–Crippen LogP) is 7.46. The Morgan fingerprint density at radius 3 is 2.60 bits per heavy atom. The maximum Gasteiger partial charge on any atom is 0.323 e. The van der Waals surface area contributed by atoms with Gasteiger partial charge in [0, 0.05) is 18.4 Å². The number of rotatable bonds is 11. The molecule has 12 nitrogen and oxygen atoms in total. The van der Waals surface area contributed by atoms with Gasteiger partial charge in [-0.05, 0) is 32.3 Å². The van der Waals surface area contributed by atoms with Crippen LogP contribution >= 0.6 is 11.6 Å². The predicted molar refractivity (Wildman–Crippen MR) is 166 cm³/mol. The molecule has 4 heterocycles. The Morgan fingerprint density at radius 2 is 1.93 bits per heavy atom. The molecule has 1 fully saturated rings. The first kappa shape index (κ1) is 33.4. The summed E-state index contributed by atoms with van der Waals surface area (Å²) in [5, 5.41) is 14.5. The summed E-state index contributed by atoms with van der Waals surface area (Å²) in [4.78, 5) is 35.2. The number of aryl methyl sites for hydroxylation is 1. The number of fused-ring (bicyclic) bond motifs is 1. The van der Waals surface area contributed by atoms with Crippen molar-refractivity contribution in [2.75, 3.05) is 17.2 Å². The first-order valence-electron chi connectivity index (χ1n) is 15.0. The Bertz CT molecular complexity index is 1430. The zero-order chi connectivity index (χ0) is 31.0. The summed E-state index contributed by atoms with van der Waals surface area (Å²) in [5.41, 5.74) is 3.24. The Labute approximate surface area is 257 Å². The molecular weight excluding hydrogens is 572 g/mol. The van der Waals surface area contributed by atoms with E-state index in [0.29, 0.717) is 52.8 Å². The lowest BCUT2D eigenvalue weighted by molar-refractivity contribution is -0.128. The number of aromatic nitrogens is 6. The highest BCUT2D eigenvalue weighted by molar-refractivity contribution is 6.33. The van der Waals surface area contributed by atoms with Gasteiger partial charge in [-0.25, -0.2) is 19.3 Å². The number of amides is 2. The number of urea groups is 1. The lowest BCUT2D eigenvalue weighted by Crippen LogP contribution is -2.22. The van der Waals surface area contributed by atoms with Gasteiger partial charge in [-0.2, -0.15) is 10.1 Å². The monoisotopic (exact) mass is 612 g/mol. The zero-order valence-electron chi connectivity index (χ0n) is 25.3. The van der Waals surface area contributed by atoms with Crippen LogP contribution < -0.4 is 10.6 Å². The summed E-state index contributed by atoms with van der Waals surface area (Å²) in [7, 11) is 0. The number of hydrogen-bond acceptors (Lipinski definition) is 9. The summed E-state index contributed by atoms with van der Waals surface area (Å²) in [5.74, 6) is 1.23. The molecule has 0 aliphatic heterocycles. The maximum absolute atomic E-state index is 12.8. The fourth-order valence-electron chi connectivity index (χ4n) is 4.76. The highest BCUT2D eigenvalue weighted by Gasteiger charge is 2.25. The molecular formula is C30H41ClN8O4. The summed E-state index contributed by atoms with van der Waals surface area (Å²) in [6.07, 6.45) is 14.6. The minimum atomic E-state index is -0.415. The molecule has 0 saturated heterocycles. The molecule has 4 aromatic rings. The molecule has 13 heteroatoms. The highest BCUT2D eigenvalue weighted by atomic mass is 35.5. The van der Waals surface area contributed by atoms with Crippen LogP contribution in [0.5, 0.6) is 0 Å². The summed E-state index contributed by atoms with van der Waals surface area (Å²) in [6.45, 7) is 8.84. The van der Waals surface area contributed by atoms with E-state index in [4.69, 9.17) is 16.1 Å². The topological polar surface area (TPSA) is 149 Å². The van der Waals surface area contributed by atoms with E-state index in [1.807, 2.05) is 24.4 Å². The fourth-order valence-corrected chi connectivity index (χ4v) is 5.01. The van der Waals surface area contributed by atoms with Crippen LogP contribution in [0.15, 0.2) is 35.2 Å². The Kier molecular flexibility index (Phi) is 13.8. The number of anilines is 2. The Hall–Kier alpha value is -4.06. The molecule has 1 aliphatic carbocycles. The molecule has 1 aliphatic rings. The molecule has 43 heavy (non-hydrogen) atoms. The van der Waals surface area contributed by atoms with Crippen LogP contribution in [0, 0.1) is 0 Å². The fraction of sp³-hybridized carbons (Fsp3) is 0.500. The van der Waals surface area contributed by atoms with Gasteiger partial charge in [0.1, 0.15) is 5.69 Å². The third kappa shape index (κ3) is 9.47. The number of unbranched alkanes of at least 4 members (excludes halogenated alkanes) is 3. The first-order chi connectivity index (χ1) is 21.0. The van der Waals surface area contributed by atoms with Gasteiger partial charge >= 0.3 is 6.03 Å². The first-order valence-corrected chi connectivity index (χ1v) is 15.4. The Balaban J connectivity index is 0.000000657. The van der Waals surface area contributed by atoms with Crippen LogP contribution in [-0.4, -0.2) is 48.8 Å². The van der Waals surface area contributed by atoms with E-state index in [1.54, 1.807) is 25.4 Å². The summed E-state index contributed by atoms with van der Waals surface area (Å²) in [6, 6.07) is 3.06. The van der Waals surface area contributed by atoms with Gasteiger partial charge in [-0.15, -0.1) is 0 Å². The van der Waals surface area contributed by atoms with Gasteiger partial charge in [0.2, 0.25) is 11.7 Å². The molecule has 0 atom stereocenters. The van der Waals surface area contributed by atoms with Gasteiger partial charge in [0.15, 0.2) is 5.65 Å². The number of nitrogens with zero attached hydrogens (tertiary/aromatic N) is 6. The number of carbonyl (C=O) groups excluding carboxylic acids is 2. The van der Waals surface area contributed by atoms with E-state index < -0.39 is 6.03 Å². The van der Waals surface area contributed by atoms with Crippen LogP contribution in [0.3, 0.4) is 0 Å². The molecule has 0 unspecified atom stereocenters. The van der Waals surface area contributed by atoms with Crippen molar-refractivity contribution in [1.29, 1.82) is 0 Å². The average Bonchev–Trinajstić information content (AvgIpc) is 3.80. The molecule has 2 N–H and O–H groups in total. The standard InChI is InChI=1S/C25H29ClN8O2.C3H6O2.C2H6/c1-2-3-4-5-10-21-32-24(33-36-21)22-18(26)13-17(14-28-22)30-25(35)31-19-15-27-20-11-12-29-34(20)23(19)16-8-6-7-9-16;1-2-5-3-4;1-2/h11-16H,2-10H2,1H3,(H2,30,31,35);3H,2H2,1H3;1-2H3. The smallest absolute Gasteiger partial charge is 0.323 e. The molecule has 0 radical (unpaired) electrons. The minimum Gasteiger partial charge on any atom is -0.468 e. The van der Waals surface area contributed by atoms with E-state index in [9.17, 15) is 9.59 Å². The molecule has 1 saturated carbocycles. The van der Waals surface area contributed by atoms with Crippen LogP contribution in [-0.2, 0) is 16.0 Å². The van der Waals surface area contributed by atoms with Crippen molar-refractivity contribution in [2.24, 2.45) is 0 Å². The third-order valence-corrected chi connectivity index (χ3v) is 6.99. The van der Waals surface area contributed by atoms with Gasteiger partial charge in [0.05, 0.1) is 47.3 Å². The van der Waals surface area contributed by atoms with Crippen LogP contribution in [0.4, 0.5) is 16.2 Å². The molecule has 2 amide bonds. The second-order valence-corrected chi connectivity index (χ2v) is 10.1. The van der Waals surface area contributed by atoms with Crippen molar-refractivity contribution in [1.82, 2.24) is 29.7 Å². The minimum absolute atomic E-state index is 0.317. The van der Waals surface area contributed by atoms with Gasteiger partial charge in [0.25, 0.3) is 6.47 Å². The van der Waals surface area contributed by atoms with E-state index in [-0.39, 0.29) is 0 Å². The van der Waals surface area contributed by atoms with Crippen molar-refractivity contribution >= 4 is 41.1 Å². The van der Waals surface area contributed by atoms with E-state index in [0.717, 1.165) is 43.4 Å². The van der Waals surface area contributed by atoms with Gasteiger partial charge in [-0.3, -0.25) is 4.79 Å². The third-order valence-electron chi connectivity index (χ3n) is 6.70. The molecule has 0 aromatic carbocycles.